The van der Waals surface area contributed by atoms with Crippen LogP contribution >= 0.6 is 38.5 Å². The molecule has 39 heavy (non-hydrogen) atoms. The van der Waals surface area contributed by atoms with E-state index in [-0.39, 0.29) is 29.4 Å². The minimum Gasteiger partial charge on any atom is -0.494 e. The monoisotopic (exact) mass is 708 g/mol. The van der Waals surface area contributed by atoms with Crippen molar-refractivity contribution >= 4 is 68.1 Å². The first-order chi connectivity index (χ1) is 18.7. The number of barbiturate groups is 1. The molecule has 4 amide bonds. The third-order valence-electron chi connectivity index (χ3n) is 5.49. The van der Waals surface area contributed by atoms with Gasteiger partial charge in [-0.15, -0.1) is 0 Å². The van der Waals surface area contributed by atoms with Gasteiger partial charge in [-0.1, -0.05) is 12.1 Å². The van der Waals surface area contributed by atoms with E-state index in [1.54, 1.807) is 43.3 Å². The molecule has 202 valence electrons. The number of hydrogen-bond acceptors (Lipinski definition) is 6. The number of imide groups is 2. The summed E-state index contributed by atoms with van der Waals surface area (Å²) < 4.78 is 31.8. The predicted octanol–water partition coefficient (Wildman–Crippen LogP) is 6.24. The Hall–Kier alpha value is -3.45. The second kappa shape index (κ2) is 12.6. The molecule has 0 radical (unpaired) electrons. The largest absolute Gasteiger partial charge is 0.494 e. The maximum Gasteiger partial charge on any atom is 0.336 e. The fraction of sp³-hybridized carbons (Fsp3) is 0.179. The summed E-state index contributed by atoms with van der Waals surface area (Å²) in [6.07, 6.45) is 1.40. The molecule has 3 aromatic carbocycles. The average molecular weight is 709 g/mol. The van der Waals surface area contributed by atoms with Crippen LogP contribution in [0.15, 0.2) is 64.6 Å². The molecule has 11 heteroatoms. The van der Waals surface area contributed by atoms with Crippen LogP contribution in [0.4, 0.5) is 14.9 Å². The lowest BCUT2D eigenvalue weighted by molar-refractivity contribution is -0.122. The van der Waals surface area contributed by atoms with E-state index >= 15 is 0 Å². The Bertz CT molecular complexity index is 1460. The number of carbonyl (C=O) groups excluding carboxylic acids is 3. The number of ether oxygens (including phenoxy) is 3. The average Bonchev–Trinajstić information content (AvgIpc) is 2.88. The van der Waals surface area contributed by atoms with Gasteiger partial charge in [0.15, 0.2) is 0 Å². The topological polar surface area (TPSA) is 94.2 Å². The minimum absolute atomic E-state index is 0.147. The van der Waals surface area contributed by atoms with Crippen molar-refractivity contribution in [3.63, 3.8) is 0 Å². The molecule has 1 aliphatic heterocycles. The van der Waals surface area contributed by atoms with Crippen molar-refractivity contribution in [3.05, 3.63) is 85.2 Å². The first kappa shape index (κ1) is 28.6. The predicted molar refractivity (Wildman–Crippen MR) is 155 cm³/mol. The van der Waals surface area contributed by atoms with Crippen LogP contribution < -0.4 is 24.4 Å². The Morgan fingerprint density at radius 3 is 2.46 bits per heavy atom. The van der Waals surface area contributed by atoms with Gasteiger partial charge in [0.05, 0.1) is 26.9 Å². The van der Waals surface area contributed by atoms with E-state index in [1.807, 2.05) is 6.92 Å². The first-order valence-electron chi connectivity index (χ1n) is 11.9. The summed E-state index contributed by atoms with van der Waals surface area (Å²) >= 11 is 5.54. The molecule has 1 N–H and O–H groups in total. The van der Waals surface area contributed by atoms with E-state index in [0.29, 0.717) is 43.9 Å². The van der Waals surface area contributed by atoms with E-state index in [2.05, 4.69) is 43.8 Å². The highest BCUT2D eigenvalue weighted by Crippen LogP contribution is 2.36. The molecule has 4 rings (SSSR count). The van der Waals surface area contributed by atoms with Gasteiger partial charge in [-0.25, -0.2) is 14.1 Å². The third kappa shape index (κ3) is 6.59. The van der Waals surface area contributed by atoms with Crippen LogP contribution in [0.1, 0.15) is 25.0 Å². The number of rotatable bonds is 9. The van der Waals surface area contributed by atoms with E-state index in [4.69, 9.17) is 14.2 Å². The second-order valence-corrected chi connectivity index (χ2v) is 10.2. The van der Waals surface area contributed by atoms with Gasteiger partial charge in [-0.05, 0) is 106 Å². The summed E-state index contributed by atoms with van der Waals surface area (Å²) in [6, 6.07) is 13.4. The summed E-state index contributed by atoms with van der Waals surface area (Å²) in [6.45, 7) is 4.41. The fourth-order valence-corrected chi connectivity index (χ4v) is 5.60. The zero-order chi connectivity index (χ0) is 28.1. The minimum atomic E-state index is -0.895. The smallest absolute Gasteiger partial charge is 0.336 e. The van der Waals surface area contributed by atoms with Crippen LogP contribution in [-0.4, -0.2) is 31.1 Å². The highest BCUT2D eigenvalue weighted by Gasteiger charge is 2.38. The number of nitrogens with one attached hydrogen (secondary N) is 1. The Balaban J connectivity index is 1.65. The van der Waals surface area contributed by atoms with Gasteiger partial charge in [0.25, 0.3) is 11.8 Å². The zero-order valence-electron chi connectivity index (χ0n) is 20.9. The van der Waals surface area contributed by atoms with Gasteiger partial charge in [-0.3, -0.25) is 14.9 Å². The van der Waals surface area contributed by atoms with Crippen molar-refractivity contribution in [2.45, 2.75) is 20.5 Å². The number of anilines is 1. The van der Waals surface area contributed by atoms with Gasteiger partial charge in [0.2, 0.25) is 0 Å². The lowest BCUT2D eigenvalue weighted by atomic mass is 10.1. The number of carbonyl (C=O) groups is 3. The van der Waals surface area contributed by atoms with Crippen molar-refractivity contribution in [1.82, 2.24) is 5.32 Å². The highest BCUT2D eigenvalue weighted by molar-refractivity contribution is 14.1. The van der Waals surface area contributed by atoms with Crippen molar-refractivity contribution in [2.75, 3.05) is 18.1 Å². The molecular weight excluding hydrogens is 686 g/mol. The Labute approximate surface area is 246 Å². The number of halogens is 3. The summed E-state index contributed by atoms with van der Waals surface area (Å²) in [5.41, 5.74) is 1.10. The molecule has 0 atom stereocenters. The number of nitrogens with zero attached hydrogens (tertiary/aromatic N) is 1. The molecule has 8 nitrogen and oxygen atoms in total. The molecule has 1 aliphatic rings. The van der Waals surface area contributed by atoms with Crippen molar-refractivity contribution < 1.29 is 33.0 Å². The molecule has 1 saturated heterocycles. The number of amides is 4. The van der Waals surface area contributed by atoms with Gasteiger partial charge in [0, 0.05) is 6.07 Å². The standard InChI is InChI=1S/C28H23BrFIN2O6/c1-3-37-19-8-9-24(38-4-2)23(14-19)33-27(35)20(26(34)32-28(33)36)11-17-12-21(29)25(22(31)13-17)39-15-16-6-5-7-18(30)10-16/h5-14H,3-4,15H2,1-2H3,(H,32,34,36)/b20-11+. The van der Waals surface area contributed by atoms with Crippen molar-refractivity contribution in [1.29, 1.82) is 0 Å². The lowest BCUT2D eigenvalue weighted by Crippen LogP contribution is -2.54. The van der Waals surface area contributed by atoms with Crippen molar-refractivity contribution in [3.8, 4) is 17.2 Å². The molecule has 1 heterocycles. The summed E-state index contributed by atoms with van der Waals surface area (Å²) in [4.78, 5) is 39.9. The summed E-state index contributed by atoms with van der Waals surface area (Å²) in [5.74, 6) is -0.740. The molecule has 0 bridgehead atoms. The van der Waals surface area contributed by atoms with E-state index < -0.39 is 17.8 Å². The molecule has 0 aliphatic carbocycles. The lowest BCUT2D eigenvalue weighted by Gasteiger charge is -2.28. The second-order valence-electron chi connectivity index (χ2n) is 8.19. The van der Waals surface area contributed by atoms with Crippen LogP contribution in [-0.2, 0) is 16.2 Å². The number of benzene rings is 3. The Kier molecular flexibility index (Phi) is 9.23. The fourth-order valence-electron chi connectivity index (χ4n) is 3.83. The van der Waals surface area contributed by atoms with Crippen LogP contribution in [0.25, 0.3) is 6.08 Å². The molecule has 0 aromatic heterocycles. The van der Waals surface area contributed by atoms with E-state index in [9.17, 15) is 18.8 Å². The summed E-state index contributed by atoms with van der Waals surface area (Å²) in [7, 11) is 0. The molecule has 0 spiro atoms. The molecular formula is C28H23BrFIN2O6. The molecule has 0 unspecified atom stereocenters. The number of urea groups is 1. The first-order valence-corrected chi connectivity index (χ1v) is 13.8. The van der Waals surface area contributed by atoms with Gasteiger partial charge < -0.3 is 14.2 Å². The Morgan fingerprint density at radius 2 is 1.77 bits per heavy atom. The van der Waals surface area contributed by atoms with E-state index in [1.165, 1.54) is 24.3 Å². The highest BCUT2D eigenvalue weighted by atomic mass is 127. The van der Waals surface area contributed by atoms with Crippen LogP contribution in [0.2, 0.25) is 0 Å². The molecule has 0 saturated carbocycles. The Morgan fingerprint density at radius 1 is 1.00 bits per heavy atom. The van der Waals surface area contributed by atoms with Gasteiger partial charge in [-0.2, -0.15) is 0 Å². The van der Waals surface area contributed by atoms with Crippen LogP contribution in [0, 0.1) is 9.39 Å². The van der Waals surface area contributed by atoms with Gasteiger partial charge in [0.1, 0.15) is 35.2 Å². The quantitative estimate of drug-likeness (QED) is 0.161. The third-order valence-corrected chi connectivity index (χ3v) is 6.88. The van der Waals surface area contributed by atoms with Crippen LogP contribution in [0.3, 0.4) is 0 Å². The summed E-state index contributed by atoms with van der Waals surface area (Å²) in [5, 5.41) is 2.23. The SMILES string of the molecule is CCOc1ccc(OCC)c(N2C(=O)NC(=O)/C(=C\c3cc(Br)c(OCc4cccc(F)c4)c(I)c3)C2=O)c1. The maximum absolute atomic E-state index is 13.5. The van der Waals surface area contributed by atoms with Crippen molar-refractivity contribution in [2.24, 2.45) is 0 Å². The van der Waals surface area contributed by atoms with Crippen LogP contribution in [0.5, 0.6) is 17.2 Å². The number of hydrogen-bond donors (Lipinski definition) is 1. The normalized spacial score (nSPS) is 14.4. The zero-order valence-corrected chi connectivity index (χ0v) is 24.7. The van der Waals surface area contributed by atoms with Gasteiger partial charge >= 0.3 is 6.03 Å². The van der Waals surface area contributed by atoms with E-state index in [0.717, 1.165) is 4.90 Å². The molecule has 3 aromatic rings. The molecule has 1 fully saturated rings. The maximum atomic E-state index is 13.5.